The molecule has 0 radical (unpaired) electrons. The normalized spacial score (nSPS) is 11.3. The van der Waals surface area contributed by atoms with Crippen molar-refractivity contribution in [1.82, 2.24) is 20.1 Å². The zero-order valence-corrected chi connectivity index (χ0v) is 12.1. The van der Waals surface area contributed by atoms with Gasteiger partial charge in [-0.25, -0.2) is 14.8 Å². The Morgan fingerprint density at radius 3 is 2.70 bits per heavy atom. The Morgan fingerprint density at radius 2 is 2.13 bits per heavy atom. The summed E-state index contributed by atoms with van der Waals surface area (Å²) in [6, 6.07) is 0. The average Bonchev–Trinajstić information content (AvgIpc) is 2.94. The summed E-state index contributed by atoms with van der Waals surface area (Å²) in [5.74, 6) is -2.08. The molecule has 0 aromatic carbocycles. The predicted molar refractivity (Wildman–Crippen MR) is 69.4 cm³/mol. The summed E-state index contributed by atoms with van der Waals surface area (Å²) in [4.78, 5) is 22.7. The molecule has 0 unspecified atom stereocenters. The fourth-order valence-electron chi connectivity index (χ4n) is 1.56. The van der Waals surface area contributed by atoms with E-state index in [0.29, 0.717) is 5.69 Å². The lowest BCUT2D eigenvalue weighted by molar-refractivity contribution is -0.146. The lowest BCUT2D eigenvalue weighted by Gasteiger charge is -2.06. The van der Waals surface area contributed by atoms with Gasteiger partial charge in [0.05, 0.1) is 24.4 Å². The highest BCUT2D eigenvalue weighted by Gasteiger charge is 2.37. The molecule has 2 aromatic rings. The first-order valence-corrected chi connectivity index (χ1v) is 6.45. The minimum absolute atomic E-state index is 0.0994. The van der Waals surface area contributed by atoms with Gasteiger partial charge in [-0.15, -0.1) is 0 Å². The fourth-order valence-corrected chi connectivity index (χ4v) is 1.56. The van der Waals surface area contributed by atoms with Gasteiger partial charge in [-0.3, -0.25) is 0 Å². The molecule has 0 bridgehead atoms. The van der Waals surface area contributed by atoms with E-state index >= 15 is 0 Å². The molecule has 0 saturated heterocycles. The van der Waals surface area contributed by atoms with E-state index in [0.717, 1.165) is 0 Å². The lowest BCUT2D eigenvalue weighted by atomic mass is 10.2. The Balaban J connectivity index is 2.02. The number of nitrogens with zero attached hydrogens (tertiary/aromatic N) is 4. The number of aryl methyl sites for hydroxylation is 1. The minimum Gasteiger partial charge on any atom is -0.462 e. The molecule has 0 saturated carbocycles. The van der Waals surface area contributed by atoms with Crippen LogP contribution in [-0.4, -0.2) is 32.7 Å². The molecule has 0 atom stereocenters. The van der Waals surface area contributed by atoms with Crippen molar-refractivity contribution >= 4 is 11.9 Å². The van der Waals surface area contributed by atoms with E-state index in [2.05, 4.69) is 29.9 Å². The second kappa shape index (κ2) is 6.58. The van der Waals surface area contributed by atoms with Crippen LogP contribution in [0.4, 0.5) is 19.1 Å². The molecular weight excluding hydrogens is 319 g/mol. The molecule has 2 aromatic heterocycles. The number of hydrogen-bond donors (Lipinski definition) is 1. The van der Waals surface area contributed by atoms with Crippen LogP contribution >= 0.6 is 0 Å². The summed E-state index contributed by atoms with van der Waals surface area (Å²) in [5, 5.41) is 5.45. The summed E-state index contributed by atoms with van der Waals surface area (Å²) in [7, 11) is 0. The Kier molecular flexibility index (Phi) is 4.77. The number of ether oxygens (including phenoxy) is 1. The molecule has 0 aliphatic heterocycles. The number of halogens is 3. The van der Waals surface area contributed by atoms with E-state index in [4.69, 9.17) is 4.74 Å². The SMILES string of the molecule is CCOC(=O)c1cnc(NCc2nc(C(F)(F)F)no2)nc1C. The highest BCUT2D eigenvalue weighted by Crippen LogP contribution is 2.26. The van der Waals surface area contributed by atoms with Crippen LogP contribution < -0.4 is 5.32 Å². The van der Waals surface area contributed by atoms with Crippen molar-refractivity contribution in [2.45, 2.75) is 26.6 Å². The van der Waals surface area contributed by atoms with E-state index in [1.807, 2.05) is 0 Å². The van der Waals surface area contributed by atoms with Crippen molar-refractivity contribution in [3.63, 3.8) is 0 Å². The van der Waals surface area contributed by atoms with E-state index in [-0.39, 0.29) is 30.6 Å². The first-order valence-electron chi connectivity index (χ1n) is 6.45. The number of rotatable bonds is 5. The second-order valence-electron chi connectivity index (χ2n) is 4.28. The fraction of sp³-hybridized carbons (Fsp3) is 0.417. The van der Waals surface area contributed by atoms with Gasteiger partial charge < -0.3 is 14.6 Å². The number of nitrogens with one attached hydrogen (secondary N) is 1. The van der Waals surface area contributed by atoms with Crippen LogP contribution in [0.25, 0.3) is 0 Å². The molecular formula is C12H12F3N5O3. The molecule has 8 nitrogen and oxygen atoms in total. The molecule has 124 valence electrons. The highest BCUT2D eigenvalue weighted by atomic mass is 19.4. The average molecular weight is 331 g/mol. The maximum Gasteiger partial charge on any atom is 0.455 e. The first kappa shape index (κ1) is 16.6. The number of anilines is 1. The maximum atomic E-state index is 12.3. The standard InChI is InChI=1S/C12H12F3N5O3/c1-3-22-9(21)7-4-16-11(18-6(7)2)17-5-8-19-10(20-23-8)12(13,14)15/h4H,3,5H2,1-2H3,(H,16,17,18). The molecule has 0 amide bonds. The van der Waals surface area contributed by atoms with Gasteiger partial charge in [-0.05, 0) is 13.8 Å². The molecule has 23 heavy (non-hydrogen) atoms. The Labute approximate surface area is 128 Å². The van der Waals surface area contributed by atoms with Crippen molar-refractivity contribution in [3.8, 4) is 0 Å². The third-order valence-corrected chi connectivity index (χ3v) is 2.59. The van der Waals surface area contributed by atoms with E-state index in [1.54, 1.807) is 13.8 Å². The number of alkyl halides is 3. The molecule has 0 spiro atoms. The molecule has 2 heterocycles. The summed E-state index contributed by atoms with van der Waals surface area (Å²) in [6.45, 7) is 3.27. The predicted octanol–water partition coefficient (Wildman–Crippen LogP) is 1.98. The quantitative estimate of drug-likeness (QED) is 0.830. The van der Waals surface area contributed by atoms with Crippen LogP contribution in [0.2, 0.25) is 0 Å². The minimum atomic E-state index is -4.67. The zero-order chi connectivity index (χ0) is 17.0. The van der Waals surface area contributed by atoms with Gasteiger partial charge in [0.15, 0.2) is 0 Å². The first-order chi connectivity index (χ1) is 10.8. The third kappa shape index (κ3) is 4.14. The summed E-state index contributed by atoms with van der Waals surface area (Å²) >= 11 is 0. The van der Waals surface area contributed by atoms with Crippen molar-refractivity contribution in [1.29, 1.82) is 0 Å². The molecule has 11 heteroatoms. The van der Waals surface area contributed by atoms with Crippen molar-refractivity contribution < 1.29 is 27.2 Å². The van der Waals surface area contributed by atoms with Crippen molar-refractivity contribution in [2.75, 3.05) is 11.9 Å². The van der Waals surface area contributed by atoms with Crippen LogP contribution in [0.5, 0.6) is 0 Å². The number of hydrogen-bond acceptors (Lipinski definition) is 8. The summed E-state index contributed by atoms with van der Waals surface area (Å²) in [6.07, 6.45) is -3.41. The van der Waals surface area contributed by atoms with Crippen LogP contribution in [-0.2, 0) is 17.5 Å². The van der Waals surface area contributed by atoms with Crippen molar-refractivity contribution in [2.24, 2.45) is 0 Å². The number of esters is 1. The number of carbonyl (C=O) groups is 1. The van der Waals surface area contributed by atoms with Gasteiger partial charge in [-0.2, -0.15) is 18.2 Å². The third-order valence-electron chi connectivity index (χ3n) is 2.59. The molecule has 0 aliphatic carbocycles. The van der Waals surface area contributed by atoms with Gasteiger partial charge >= 0.3 is 12.1 Å². The smallest absolute Gasteiger partial charge is 0.455 e. The number of carbonyl (C=O) groups excluding carboxylic acids is 1. The molecule has 0 aliphatic rings. The topological polar surface area (TPSA) is 103 Å². The van der Waals surface area contributed by atoms with E-state index < -0.39 is 18.0 Å². The van der Waals surface area contributed by atoms with E-state index in [1.165, 1.54) is 6.20 Å². The van der Waals surface area contributed by atoms with Crippen LogP contribution in [0, 0.1) is 6.92 Å². The molecule has 2 rings (SSSR count). The Bertz CT molecular complexity index is 701. The largest absolute Gasteiger partial charge is 0.462 e. The van der Waals surface area contributed by atoms with Gasteiger partial charge in [0.1, 0.15) is 0 Å². The highest BCUT2D eigenvalue weighted by molar-refractivity contribution is 5.90. The van der Waals surface area contributed by atoms with Gasteiger partial charge in [0, 0.05) is 6.20 Å². The molecule has 0 fully saturated rings. The summed E-state index contributed by atoms with van der Waals surface area (Å²) in [5.41, 5.74) is 0.567. The second-order valence-corrected chi connectivity index (χ2v) is 4.28. The Morgan fingerprint density at radius 1 is 1.39 bits per heavy atom. The lowest BCUT2D eigenvalue weighted by Crippen LogP contribution is -2.11. The zero-order valence-electron chi connectivity index (χ0n) is 12.1. The van der Waals surface area contributed by atoms with Gasteiger partial charge in [-0.1, -0.05) is 5.16 Å². The summed E-state index contributed by atoms with van der Waals surface area (Å²) < 4.78 is 46.3. The van der Waals surface area contributed by atoms with Crippen LogP contribution in [0.3, 0.4) is 0 Å². The number of aromatic nitrogens is 4. The van der Waals surface area contributed by atoms with Crippen LogP contribution in [0.15, 0.2) is 10.7 Å². The monoisotopic (exact) mass is 331 g/mol. The van der Waals surface area contributed by atoms with Gasteiger partial charge in [0.25, 0.3) is 5.82 Å². The van der Waals surface area contributed by atoms with Crippen LogP contribution in [0.1, 0.15) is 34.7 Å². The van der Waals surface area contributed by atoms with Gasteiger partial charge in [0.2, 0.25) is 11.8 Å². The van der Waals surface area contributed by atoms with E-state index in [9.17, 15) is 18.0 Å². The maximum absolute atomic E-state index is 12.3. The Hall–Kier alpha value is -2.72. The molecule has 1 N–H and O–H groups in total. The van der Waals surface area contributed by atoms with Crippen molar-refractivity contribution in [3.05, 3.63) is 29.2 Å².